The molecule has 30 heavy (non-hydrogen) atoms. The summed E-state index contributed by atoms with van der Waals surface area (Å²) in [6.07, 6.45) is 0.377. The molecule has 0 unspecified atom stereocenters. The lowest BCUT2D eigenvalue weighted by molar-refractivity contribution is -0.149. The van der Waals surface area contributed by atoms with Gasteiger partial charge in [0.2, 0.25) is 5.91 Å². The largest absolute Gasteiger partial charge is 0.480 e. The molecule has 1 heterocycles. The Hall–Kier alpha value is -3.35. The molecule has 2 aromatic rings. The van der Waals surface area contributed by atoms with Crippen molar-refractivity contribution >= 4 is 17.8 Å². The predicted octanol–water partition coefficient (Wildman–Crippen LogP) is 3.31. The van der Waals surface area contributed by atoms with Gasteiger partial charge in [0.1, 0.15) is 17.5 Å². The van der Waals surface area contributed by atoms with Crippen LogP contribution in [0, 0.1) is 5.41 Å². The van der Waals surface area contributed by atoms with E-state index in [2.05, 4.69) is 5.32 Å². The first-order valence-corrected chi connectivity index (χ1v) is 9.84. The monoisotopic (exact) mass is 410 g/mol. The van der Waals surface area contributed by atoms with Crippen molar-refractivity contribution < 1.29 is 24.2 Å². The molecule has 1 aliphatic rings. The summed E-state index contributed by atoms with van der Waals surface area (Å²) in [6, 6.07) is 14.7. The van der Waals surface area contributed by atoms with E-state index >= 15 is 0 Å². The van der Waals surface area contributed by atoms with Gasteiger partial charge in [0, 0.05) is 11.6 Å². The van der Waals surface area contributed by atoms with E-state index in [-0.39, 0.29) is 18.0 Å². The Morgan fingerprint density at radius 2 is 1.77 bits per heavy atom. The summed E-state index contributed by atoms with van der Waals surface area (Å²) in [7, 11) is 0. The maximum Gasteiger partial charge on any atom is 0.326 e. The average Bonchev–Trinajstić information content (AvgIpc) is 2.96. The fourth-order valence-corrected chi connectivity index (χ4v) is 3.68. The third-order valence-corrected chi connectivity index (χ3v) is 5.65. The molecule has 158 valence electrons. The Labute approximate surface area is 175 Å². The van der Waals surface area contributed by atoms with Gasteiger partial charge in [-0.25, -0.2) is 4.79 Å². The first kappa shape index (κ1) is 21.4. The molecule has 1 fully saturated rings. The van der Waals surface area contributed by atoms with Crippen LogP contribution in [0.5, 0.6) is 11.5 Å². The van der Waals surface area contributed by atoms with Crippen molar-refractivity contribution in [1.82, 2.24) is 10.2 Å². The molecule has 0 spiro atoms. The highest BCUT2D eigenvalue weighted by molar-refractivity contribution is 5.97. The van der Waals surface area contributed by atoms with Crippen LogP contribution in [0.3, 0.4) is 0 Å². The van der Waals surface area contributed by atoms with Crippen molar-refractivity contribution in [2.75, 3.05) is 6.54 Å². The van der Waals surface area contributed by atoms with Crippen LogP contribution in [0.1, 0.15) is 37.6 Å². The second kappa shape index (κ2) is 8.57. The van der Waals surface area contributed by atoms with Gasteiger partial charge in [0.05, 0.1) is 6.54 Å². The van der Waals surface area contributed by atoms with Crippen LogP contribution >= 0.6 is 0 Å². The zero-order valence-electron chi connectivity index (χ0n) is 17.3. The molecule has 0 saturated carbocycles. The quantitative estimate of drug-likeness (QED) is 0.762. The highest BCUT2D eigenvalue weighted by atomic mass is 16.5. The van der Waals surface area contributed by atoms with E-state index in [9.17, 15) is 19.5 Å². The van der Waals surface area contributed by atoms with Crippen LogP contribution < -0.4 is 10.1 Å². The summed E-state index contributed by atoms with van der Waals surface area (Å²) in [5.74, 6) is -0.722. The fourth-order valence-electron chi connectivity index (χ4n) is 3.68. The number of rotatable bonds is 6. The second-order valence-electron chi connectivity index (χ2n) is 8.15. The minimum atomic E-state index is -1.03. The van der Waals surface area contributed by atoms with Gasteiger partial charge in [-0.1, -0.05) is 38.1 Å². The summed E-state index contributed by atoms with van der Waals surface area (Å²) in [6.45, 7) is 5.45. The number of carbonyl (C=O) groups is 3. The average molecular weight is 410 g/mol. The smallest absolute Gasteiger partial charge is 0.326 e. The molecule has 2 aromatic carbocycles. The minimum absolute atomic E-state index is 0.245. The molecule has 3 rings (SSSR count). The number of carboxylic acid groups (broad SMARTS) is 1. The van der Waals surface area contributed by atoms with Crippen LogP contribution in [0.2, 0.25) is 0 Å². The van der Waals surface area contributed by atoms with Crippen LogP contribution in [-0.2, 0) is 9.59 Å². The number of amides is 2. The molecule has 0 radical (unpaired) electrons. The topological polar surface area (TPSA) is 95.9 Å². The minimum Gasteiger partial charge on any atom is -0.480 e. The van der Waals surface area contributed by atoms with Gasteiger partial charge in [-0.15, -0.1) is 0 Å². The fraction of sp³-hybridized carbons (Fsp3) is 0.348. The van der Waals surface area contributed by atoms with E-state index in [0.29, 0.717) is 23.5 Å². The second-order valence-corrected chi connectivity index (χ2v) is 8.15. The molecule has 0 aromatic heterocycles. The van der Waals surface area contributed by atoms with Gasteiger partial charge in [-0.3, -0.25) is 9.59 Å². The van der Waals surface area contributed by atoms with Gasteiger partial charge in [-0.2, -0.15) is 0 Å². The maximum atomic E-state index is 12.7. The number of aliphatic carboxylic acids is 1. The number of para-hydroxylation sites is 1. The predicted molar refractivity (Wildman–Crippen MR) is 111 cm³/mol. The first-order chi connectivity index (χ1) is 14.2. The number of likely N-dealkylation sites (tertiary alicyclic amines) is 1. The van der Waals surface area contributed by atoms with Gasteiger partial charge in [0.15, 0.2) is 0 Å². The Morgan fingerprint density at radius 3 is 2.43 bits per heavy atom. The highest BCUT2D eigenvalue weighted by Gasteiger charge is 2.49. The van der Waals surface area contributed by atoms with Crippen molar-refractivity contribution in [3.05, 3.63) is 60.2 Å². The highest BCUT2D eigenvalue weighted by Crippen LogP contribution is 2.40. The maximum absolute atomic E-state index is 12.7. The number of benzene rings is 2. The van der Waals surface area contributed by atoms with Crippen LogP contribution in [-0.4, -0.2) is 46.4 Å². The third-order valence-electron chi connectivity index (χ3n) is 5.65. The van der Waals surface area contributed by atoms with Crippen LogP contribution in [0.25, 0.3) is 0 Å². The van der Waals surface area contributed by atoms with Crippen molar-refractivity contribution in [2.24, 2.45) is 5.41 Å². The third kappa shape index (κ3) is 4.62. The summed E-state index contributed by atoms with van der Waals surface area (Å²) in [5.41, 5.74) is 0.0343. The molecular formula is C23H26N2O5. The Morgan fingerprint density at radius 1 is 1.10 bits per heavy atom. The van der Waals surface area contributed by atoms with Gasteiger partial charge in [0.25, 0.3) is 5.91 Å². The number of carboxylic acids is 1. The Balaban J connectivity index is 1.64. The number of ether oxygens (including phenoxy) is 1. The normalized spacial score (nSPS) is 19.9. The zero-order valence-corrected chi connectivity index (χ0v) is 17.3. The summed E-state index contributed by atoms with van der Waals surface area (Å²) in [4.78, 5) is 38.2. The number of nitrogens with zero attached hydrogens (tertiary/aromatic N) is 1. The zero-order chi connectivity index (χ0) is 21.9. The number of hydrogen-bond acceptors (Lipinski definition) is 4. The first-order valence-electron chi connectivity index (χ1n) is 9.84. The number of hydrogen-bond donors (Lipinski definition) is 2. The molecular weight excluding hydrogens is 384 g/mol. The SMILES string of the molecule is C[C@@H]1N(C(=O)CNC(=O)c2cccc(Oc3ccccc3)c2)[C@H](C(=O)O)CC1(C)C. The molecule has 7 heteroatoms. The van der Waals surface area contributed by atoms with Gasteiger partial charge in [-0.05, 0) is 49.1 Å². The molecule has 7 nitrogen and oxygen atoms in total. The van der Waals surface area contributed by atoms with E-state index < -0.39 is 23.8 Å². The van der Waals surface area contributed by atoms with Crippen LogP contribution in [0.4, 0.5) is 0 Å². The lowest BCUT2D eigenvalue weighted by atomic mass is 9.84. The van der Waals surface area contributed by atoms with E-state index in [0.717, 1.165) is 0 Å². The Kier molecular flexibility index (Phi) is 6.10. The van der Waals surface area contributed by atoms with Crippen LogP contribution in [0.15, 0.2) is 54.6 Å². The lowest BCUT2D eigenvalue weighted by Gasteiger charge is -2.30. The van der Waals surface area contributed by atoms with E-state index in [1.165, 1.54) is 4.90 Å². The molecule has 1 saturated heterocycles. The molecule has 2 amide bonds. The van der Waals surface area contributed by atoms with E-state index in [1.807, 2.05) is 51.1 Å². The standard InChI is InChI=1S/C23H26N2O5/c1-15-23(2,3)13-19(22(28)29)25(15)20(26)14-24-21(27)16-8-7-11-18(12-16)30-17-9-5-4-6-10-17/h4-12,15,19H,13-14H2,1-3H3,(H,24,27)(H,28,29)/t15-,19-/m0/s1. The van der Waals surface area contributed by atoms with Crippen molar-refractivity contribution in [2.45, 2.75) is 39.3 Å². The molecule has 0 aliphatic carbocycles. The molecule has 0 bridgehead atoms. The Bertz CT molecular complexity index is 942. The summed E-state index contributed by atoms with van der Waals surface area (Å²) >= 11 is 0. The lowest BCUT2D eigenvalue weighted by Crippen LogP contribution is -2.49. The van der Waals surface area contributed by atoms with Crippen molar-refractivity contribution in [1.29, 1.82) is 0 Å². The molecule has 2 atom stereocenters. The van der Waals surface area contributed by atoms with E-state index in [1.54, 1.807) is 24.3 Å². The van der Waals surface area contributed by atoms with Crippen molar-refractivity contribution in [3.63, 3.8) is 0 Å². The molecule has 1 aliphatic heterocycles. The van der Waals surface area contributed by atoms with E-state index in [4.69, 9.17) is 4.74 Å². The number of nitrogens with one attached hydrogen (secondary N) is 1. The van der Waals surface area contributed by atoms with Gasteiger partial charge < -0.3 is 20.1 Å². The van der Waals surface area contributed by atoms with Crippen molar-refractivity contribution in [3.8, 4) is 11.5 Å². The summed E-state index contributed by atoms with van der Waals surface area (Å²) < 4.78 is 5.73. The van der Waals surface area contributed by atoms with Gasteiger partial charge >= 0.3 is 5.97 Å². The molecule has 2 N–H and O–H groups in total. The summed E-state index contributed by atoms with van der Waals surface area (Å²) in [5, 5.41) is 12.1. The number of carbonyl (C=O) groups excluding carboxylic acids is 2.